The van der Waals surface area contributed by atoms with E-state index in [1.165, 1.54) is 6.39 Å². The zero-order valence-electron chi connectivity index (χ0n) is 14.6. The van der Waals surface area contributed by atoms with Crippen LogP contribution in [-0.2, 0) is 4.74 Å². The van der Waals surface area contributed by atoms with Gasteiger partial charge in [-0.15, -0.1) is 0 Å². The lowest BCUT2D eigenvalue weighted by molar-refractivity contribution is -0.179. The lowest BCUT2D eigenvalue weighted by Crippen LogP contribution is -2.44. The van der Waals surface area contributed by atoms with Crippen molar-refractivity contribution in [1.29, 1.82) is 0 Å². The normalized spacial score (nSPS) is 25.4. The second kappa shape index (κ2) is 7.62. The Bertz CT molecular complexity index is 878. The zero-order chi connectivity index (χ0) is 18.8. The maximum Gasteiger partial charge on any atom is 0.181 e. The van der Waals surface area contributed by atoms with Crippen molar-refractivity contribution < 1.29 is 24.5 Å². The van der Waals surface area contributed by atoms with E-state index in [-0.39, 0.29) is 13.0 Å². The van der Waals surface area contributed by atoms with Crippen LogP contribution in [0.15, 0.2) is 65.5 Å². The zero-order valence-corrected chi connectivity index (χ0v) is 14.6. The number of rotatable bonds is 4. The van der Waals surface area contributed by atoms with Gasteiger partial charge in [-0.25, -0.2) is 4.98 Å². The second-order valence-corrected chi connectivity index (χ2v) is 6.72. The summed E-state index contributed by atoms with van der Waals surface area (Å²) in [5, 5.41) is 29.8. The van der Waals surface area contributed by atoms with Gasteiger partial charge in [-0.1, -0.05) is 42.5 Å². The number of benzene rings is 2. The molecule has 1 aromatic heterocycles. The van der Waals surface area contributed by atoms with Gasteiger partial charge in [0.15, 0.2) is 12.2 Å². The smallest absolute Gasteiger partial charge is 0.181 e. The van der Waals surface area contributed by atoms with Crippen molar-refractivity contribution in [2.45, 2.75) is 30.8 Å². The molecule has 1 saturated heterocycles. The van der Waals surface area contributed by atoms with Crippen LogP contribution in [0.5, 0.6) is 0 Å². The highest BCUT2D eigenvalue weighted by molar-refractivity contribution is 5.68. The number of aromatic nitrogens is 1. The van der Waals surface area contributed by atoms with Crippen LogP contribution >= 0.6 is 0 Å². The van der Waals surface area contributed by atoms with Crippen molar-refractivity contribution in [3.63, 3.8) is 0 Å². The molecule has 3 N–H and O–H groups in total. The van der Waals surface area contributed by atoms with E-state index in [0.717, 1.165) is 22.3 Å². The molecular weight excluding hydrogens is 346 g/mol. The fourth-order valence-corrected chi connectivity index (χ4v) is 3.43. The van der Waals surface area contributed by atoms with Crippen molar-refractivity contribution in [2.75, 3.05) is 6.61 Å². The SMILES string of the molecule is OCC1CC(O)C(O)C(c2cccc(-c3ccc(-c4cnco4)cc3)c2)O1. The lowest BCUT2D eigenvalue weighted by atomic mass is 9.91. The molecule has 3 aromatic rings. The Hall–Kier alpha value is -2.51. The maximum atomic E-state index is 10.3. The van der Waals surface area contributed by atoms with Gasteiger partial charge in [0.25, 0.3) is 0 Å². The molecular formula is C21H21NO5. The third kappa shape index (κ3) is 3.65. The van der Waals surface area contributed by atoms with Crippen LogP contribution in [0.3, 0.4) is 0 Å². The van der Waals surface area contributed by atoms with Crippen molar-refractivity contribution in [2.24, 2.45) is 0 Å². The van der Waals surface area contributed by atoms with Crippen LogP contribution < -0.4 is 0 Å². The number of hydrogen-bond donors (Lipinski definition) is 3. The van der Waals surface area contributed by atoms with Gasteiger partial charge in [0, 0.05) is 12.0 Å². The minimum atomic E-state index is -1.03. The molecule has 2 heterocycles. The van der Waals surface area contributed by atoms with Crippen LogP contribution in [-0.4, -0.2) is 45.2 Å². The number of aliphatic hydroxyl groups is 3. The monoisotopic (exact) mass is 367 g/mol. The Morgan fingerprint density at radius 3 is 2.48 bits per heavy atom. The summed E-state index contributed by atoms with van der Waals surface area (Å²) in [6.07, 6.45) is 0.160. The quantitative estimate of drug-likeness (QED) is 0.656. The summed E-state index contributed by atoms with van der Waals surface area (Å²) in [6.45, 7) is -0.191. The molecule has 0 saturated carbocycles. The summed E-state index contributed by atoms with van der Waals surface area (Å²) in [5.41, 5.74) is 3.67. The van der Waals surface area contributed by atoms with E-state index in [1.807, 2.05) is 48.5 Å². The molecule has 4 unspecified atom stereocenters. The minimum Gasteiger partial charge on any atom is -0.444 e. The van der Waals surface area contributed by atoms with Crippen LogP contribution in [0.1, 0.15) is 18.1 Å². The van der Waals surface area contributed by atoms with Crippen LogP contribution in [0.4, 0.5) is 0 Å². The first-order valence-corrected chi connectivity index (χ1v) is 8.87. The van der Waals surface area contributed by atoms with Crippen LogP contribution in [0, 0.1) is 0 Å². The van der Waals surface area contributed by atoms with Crippen LogP contribution in [0.25, 0.3) is 22.5 Å². The van der Waals surface area contributed by atoms with E-state index in [0.29, 0.717) is 5.76 Å². The Kier molecular flexibility index (Phi) is 5.05. The van der Waals surface area contributed by atoms with E-state index >= 15 is 0 Å². The van der Waals surface area contributed by atoms with E-state index in [9.17, 15) is 15.3 Å². The summed E-state index contributed by atoms with van der Waals surface area (Å²) >= 11 is 0. The van der Waals surface area contributed by atoms with Gasteiger partial charge in [-0.2, -0.15) is 0 Å². The molecule has 4 rings (SSSR count). The third-order valence-electron chi connectivity index (χ3n) is 4.90. The molecule has 1 aliphatic rings. The number of aliphatic hydroxyl groups excluding tert-OH is 3. The fraction of sp³-hybridized carbons (Fsp3) is 0.286. The van der Waals surface area contributed by atoms with Gasteiger partial charge in [0.1, 0.15) is 12.2 Å². The molecule has 0 amide bonds. The molecule has 2 aromatic carbocycles. The molecule has 6 nitrogen and oxygen atoms in total. The molecule has 1 fully saturated rings. The number of oxazole rings is 1. The van der Waals surface area contributed by atoms with Gasteiger partial charge < -0.3 is 24.5 Å². The lowest BCUT2D eigenvalue weighted by Gasteiger charge is -2.37. The van der Waals surface area contributed by atoms with Gasteiger partial charge in [0.05, 0.1) is 25.0 Å². The average Bonchev–Trinajstić information content (AvgIpc) is 3.25. The second-order valence-electron chi connectivity index (χ2n) is 6.72. The largest absolute Gasteiger partial charge is 0.444 e. The Labute approximate surface area is 156 Å². The predicted octanol–water partition coefficient (Wildman–Crippen LogP) is 2.55. The molecule has 6 heteroatoms. The molecule has 0 spiro atoms. The molecule has 0 aliphatic carbocycles. The highest BCUT2D eigenvalue weighted by Gasteiger charge is 2.37. The number of nitrogens with zero attached hydrogens (tertiary/aromatic N) is 1. The van der Waals surface area contributed by atoms with Gasteiger partial charge >= 0.3 is 0 Å². The van der Waals surface area contributed by atoms with Crippen molar-refractivity contribution >= 4 is 0 Å². The first kappa shape index (κ1) is 17.9. The van der Waals surface area contributed by atoms with Crippen molar-refractivity contribution in [1.82, 2.24) is 4.98 Å². The van der Waals surface area contributed by atoms with Gasteiger partial charge in [-0.05, 0) is 22.8 Å². The Morgan fingerprint density at radius 1 is 1.00 bits per heavy atom. The maximum absolute atomic E-state index is 10.3. The summed E-state index contributed by atoms with van der Waals surface area (Å²) in [4.78, 5) is 3.93. The molecule has 0 bridgehead atoms. The summed E-state index contributed by atoms with van der Waals surface area (Å²) in [5.74, 6) is 0.707. The fourth-order valence-electron chi connectivity index (χ4n) is 3.43. The third-order valence-corrected chi connectivity index (χ3v) is 4.90. The molecule has 0 radical (unpaired) electrons. The van der Waals surface area contributed by atoms with E-state index in [1.54, 1.807) is 6.20 Å². The highest BCUT2D eigenvalue weighted by Crippen LogP contribution is 2.34. The Morgan fingerprint density at radius 2 is 1.78 bits per heavy atom. The van der Waals surface area contributed by atoms with Gasteiger partial charge in [-0.3, -0.25) is 0 Å². The van der Waals surface area contributed by atoms with Crippen molar-refractivity contribution in [3.05, 3.63) is 66.7 Å². The topological polar surface area (TPSA) is 96.0 Å². The first-order valence-electron chi connectivity index (χ1n) is 8.87. The molecule has 1 aliphatic heterocycles. The highest BCUT2D eigenvalue weighted by atomic mass is 16.5. The standard InChI is InChI=1S/C21H21NO5/c23-11-17-9-18(24)20(25)21(27-17)16-3-1-2-15(8-16)13-4-6-14(7-5-13)19-10-22-12-26-19/h1-8,10,12,17-18,20-21,23-25H,9,11H2. The molecule has 27 heavy (non-hydrogen) atoms. The molecule has 140 valence electrons. The first-order chi connectivity index (χ1) is 13.2. The predicted molar refractivity (Wildman–Crippen MR) is 98.7 cm³/mol. The summed E-state index contributed by atoms with van der Waals surface area (Å²) in [7, 11) is 0. The summed E-state index contributed by atoms with van der Waals surface area (Å²) in [6, 6.07) is 15.5. The summed E-state index contributed by atoms with van der Waals surface area (Å²) < 4.78 is 11.1. The van der Waals surface area contributed by atoms with Gasteiger partial charge in [0.2, 0.25) is 0 Å². The number of ether oxygens (including phenoxy) is 1. The number of hydrogen-bond acceptors (Lipinski definition) is 6. The average molecular weight is 367 g/mol. The van der Waals surface area contributed by atoms with Crippen molar-refractivity contribution in [3.8, 4) is 22.5 Å². The molecule has 4 atom stereocenters. The van der Waals surface area contributed by atoms with Crippen LogP contribution in [0.2, 0.25) is 0 Å². The van der Waals surface area contributed by atoms with E-state index in [2.05, 4.69) is 4.98 Å². The van der Waals surface area contributed by atoms with E-state index < -0.39 is 24.4 Å². The van der Waals surface area contributed by atoms with E-state index in [4.69, 9.17) is 9.15 Å². The minimum absolute atomic E-state index is 0.191. The Balaban J connectivity index is 1.60.